The highest BCUT2D eigenvalue weighted by Gasteiger charge is 2.18. The molecule has 0 heterocycles. The molecular weight excluding hydrogens is 350 g/mol. The van der Waals surface area contributed by atoms with Crippen molar-refractivity contribution in [3.8, 4) is 0 Å². The topological polar surface area (TPSA) is 78.4 Å². The molecule has 0 radical (unpaired) electrons. The Balaban J connectivity index is 2.64. The number of carboxylic acids is 1. The minimum absolute atomic E-state index is 0.116. The standard InChI is InChI=1S/C13H15BrF2N2O3/c1-2-3-7(12(19)20)6-17-13(21)18-11-9(15)4-8(14)5-10(11)16/h4-5,7H,2-3,6H2,1H3,(H,19,20)(H2,17,18,21). The van der Waals surface area contributed by atoms with Crippen LogP contribution in [-0.2, 0) is 4.79 Å². The van der Waals surface area contributed by atoms with Gasteiger partial charge in [-0.15, -0.1) is 0 Å². The summed E-state index contributed by atoms with van der Waals surface area (Å²) in [5.41, 5.74) is -0.585. The SMILES string of the molecule is CCCC(CNC(=O)Nc1c(F)cc(Br)cc1F)C(=O)O. The highest BCUT2D eigenvalue weighted by molar-refractivity contribution is 9.10. The molecule has 0 saturated carbocycles. The van der Waals surface area contributed by atoms with E-state index >= 15 is 0 Å². The minimum atomic E-state index is -1.03. The van der Waals surface area contributed by atoms with E-state index in [4.69, 9.17) is 5.11 Å². The zero-order valence-corrected chi connectivity index (χ0v) is 12.8. The normalized spacial score (nSPS) is 11.8. The fourth-order valence-electron chi connectivity index (χ4n) is 1.70. The maximum Gasteiger partial charge on any atom is 0.319 e. The van der Waals surface area contributed by atoms with E-state index in [-0.39, 0.29) is 11.0 Å². The summed E-state index contributed by atoms with van der Waals surface area (Å²) in [6, 6.07) is 1.16. The molecule has 0 aliphatic heterocycles. The van der Waals surface area contributed by atoms with Gasteiger partial charge in [0.05, 0.1) is 5.92 Å². The Hall–Kier alpha value is -1.70. The Morgan fingerprint density at radius 1 is 1.33 bits per heavy atom. The third-order valence-corrected chi connectivity index (χ3v) is 3.20. The molecule has 116 valence electrons. The average molecular weight is 365 g/mol. The Bertz CT molecular complexity index is 517. The largest absolute Gasteiger partial charge is 0.481 e. The number of carboxylic acid groups (broad SMARTS) is 1. The fraction of sp³-hybridized carbons (Fsp3) is 0.385. The zero-order valence-electron chi connectivity index (χ0n) is 11.3. The second kappa shape index (κ2) is 7.92. The lowest BCUT2D eigenvalue weighted by molar-refractivity contribution is -0.141. The van der Waals surface area contributed by atoms with Crippen molar-refractivity contribution in [1.29, 1.82) is 0 Å². The number of nitrogens with one attached hydrogen (secondary N) is 2. The first-order valence-corrected chi connectivity index (χ1v) is 7.06. The summed E-state index contributed by atoms with van der Waals surface area (Å²) >= 11 is 2.92. The van der Waals surface area contributed by atoms with Crippen LogP contribution >= 0.6 is 15.9 Å². The first-order valence-electron chi connectivity index (χ1n) is 6.27. The van der Waals surface area contributed by atoms with Crippen LogP contribution in [0.3, 0.4) is 0 Å². The fourth-order valence-corrected chi connectivity index (χ4v) is 2.10. The van der Waals surface area contributed by atoms with Crippen LogP contribution in [0, 0.1) is 17.6 Å². The van der Waals surface area contributed by atoms with Gasteiger partial charge in [0.2, 0.25) is 0 Å². The summed E-state index contributed by atoms with van der Waals surface area (Å²) in [5, 5.41) is 13.2. The average Bonchev–Trinajstić information content (AvgIpc) is 2.38. The van der Waals surface area contributed by atoms with Gasteiger partial charge in [-0.3, -0.25) is 4.79 Å². The van der Waals surface area contributed by atoms with E-state index in [0.29, 0.717) is 12.8 Å². The maximum atomic E-state index is 13.5. The maximum absolute atomic E-state index is 13.5. The van der Waals surface area contributed by atoms with Crippen LogP contribution < -0.4 is 10.6 Å². The summed E-state index contributed by atoms with van der Waals surface area (Å²) < 4.78 is 27.2. The van der Waals surface area contributed by atoms with Gasteiger partial charge in [0.25, 0.3) is 0 Å². The van der Waals surface area contributed by atoms with Crippen molar-refractivity contribution in [1.82, 2.24) is 5.32 Å². The number of carbonyl (C=O) groups excluding carboxylic acids is 1. The highest BCUT2D eigenvalue weighted by Crippen LogP contribution is 2.23. The molecule has 1 aromatic carbocycles. The molecule has 0 aromatic heterocycles. The van der Waals surface area contributed by atoms with E-state index in [1.807, 2.05) is 12.2 Å². The number of hydrogen-bond acceptors (Lipinski definition) is 2. The molecule has 0 spiro atoms. The van der Waals surface area contributed by atoms with Crippen molar-refractivity contribution < 1.29 is 23.5 Å². The molecule has 0 aliphatic carbocycles. The lowest BCUT2D eigenvalue weighted by Gasteiger charge is -2.13. The predicted molar refractivity (Wildman–Crippen MR) is 77.1 cm³/mol. The minimum Gasteiger partial charge on any atom is -0.481 e. The molecule has 3 N–H and O–H groups in total. The van der Waals surface area contributed by atoms with Gasteiger partial charge in [0, 0.05) is 11.0 Å². The number of benzene rings is 1. The summed E-state index contributed by atoms with van der Waals surface area (Å²) in [6.07, 6.45) is 1.05. The van der Waals surface area contributed by atoms with Gasteiger partial charge >= 0.3 is 12.0 Å². The van der Waals surface area contributed by atoms with Crippen LogP contribution in [0.25, 0.3) is 0 Å². The quantitative estimate of drug-likeness (QED) is 0.724. The van der Waals surface area contributed by atoms with E-state index in [9.17, 15) is 18.4 Å². The van der Waals surface area contributed by atoms with Gasteiger partial charge in [-0.1, -0.05) is 29.3 Å². The monoisotopic (exact) mass is 364 g/mol. The number of urea groups is 1. The first kappa shape index (κ1) is 17.4. The molecule has 1 unspecified atom stereocenters. The van der Waals surface area contributed by atoms with Crippen molar-refractivity contribution in [3.63, 3.8) is 0 Å². The van der Waals surface area contributed by atoms with Crippen molar-refractivity contribution >= 4 is 33.6 Å². The number of carbonyl (C=O) groups is 2. The number of aliphatic carboxylic acids is 1. The number of rotatable bonds is 6. The lowest BCUT2D eigenvalue weighted by atomic mass is 10.0. The van der Waals surface area contributed by atoms with E-state index in [0.717, 1.165) is 12.1 Å². The molecule has 0 bridgehead atoms. The summed E-state index contributed by atoms with van der Waals surface area (Å²) in [6.45, 7) is 1.71. The van der Waals surface area contributed by atoms with E-state index in [1.165, 1.54) is 0 Å². The Morgan fingerprint density at radius 3 is 2.38 bits per heavy atom. The van der Waals surface area contributed by atoms with E-state index in [1.54, 1.807) is 0 Å². The third kappa shape index (κ3) is 5.30. The molecule has 0 saturated heterocycles. The molecule has 1 atom stereocenters. The Morgan fingerprint density at radius 2 is 1.90 bits per heavy atom. The molecule has 2 amide bonds. The predicted octanol–water partition coefficient (Wildman–Crippen LogP) is 3.35. The molecule has 5 nitrogen and oxygen atoms in total. The van der Waals surface area contributed by atoms with Crippen LogP contribution in [-0.4, -0.2) is 23.7 Å². The molecular formula is C13H15BrF2N2O3. The lowest BCUT2D eigenvalue weighted by Crippen LogP contribution is -2.36. The van der Waals surface area contributed by atoms with Crippen LogP contribution in [0.1, 0.15) is 19.8 Å². The molecule has 21 heavy (non-hydrogen) atoms. The zero-order chi connectivity index (χ0) is 16.0. The molecule has 0 aliphatic rings. The second-order valence-corrected chi connectivity index (χ2v) is 5.32. The Kier molecular flexibility index (Phi) is 6.54. The summed E-state index contributed by atoms with van der Waals surface area (Å²) in [5.74, 6) is -3.63. The van der Waals surface area contributed by atoms with Gasteiger partial charge in [-0.05, 0) is 18.6 Å². The van der Waals surface area contributed by atoms with Gasteiger partial charge in [-0.2, -0.15) is 0 Å². The van der Waals surface area contributed by atoms with Crippen LogP contribution in [0.2, 0.25) is 0 Å². The Labute approximate surface area is 128 Å². The molecule has 1 rings (SSSR count). The van der Waals surface area contributed by atoms with E-state index < -0.39 is 35.2 Å². The number of hydrogen-bond donors (Lipinski definition) is 3. The van der Waals surface area contributed by atoms with Crippen molar-refractivity contribution in [2.75, 3.05) is 11.9 Å². The molecule has 8 heteroatoms. The van der Waals surface area contributed by atoms with Crippen LogP contribution in [0.15, 0.2) is 16.6 Å². The van der Waals surface area contributed by atoms with Crippen molar-refractivity contribution in [2.45, 2.75) is 19.8 Å². The van der Waals surface area contributed by atoms with Crippen LogP contribution in [0.4, 0.5) is 19.3 Å². The summed E-state index contributed by atoms with van der Waals surface area (Å²) in [4.78, 5) is 22.5. The molecule has 0 fully saturated rings. The van der Waals surface area contributed by atoms with Gasteiger partial charge in [0.15, 0.2) is 11.6 Å². The van der Waals surface area contributed by atoms with Gasteiger partial charge in [-0.25, -0.2) is 13.6 Å². The highest BCUT2D eigenvalue weighted by atomic mass is 79.9. The van der Waals surface area contributed by atoms with Gasteiger partial charge in [0.1, 0.15) is 5.69 Å². The smallest absolute Gasteiger partial charge is 0.319 e. The number of halogens is 3. The second-order valence-electron chi connectivity index (χ2n) is 4.40. The number of anilines is 1. The van der Waals surface area contributed by atoms with E-state index in [2.05, 4.69) is 21.2 Å². The van der Waals surface area contributed by atoms with Crippen LogP contribution in [0.5, 0.6) is 0 Å². The first-order chi connectivity index (χ1) is 9.85. The van der Waals surface area contributed by atoms with Crippen molar-refractivity contribution in [3.05, 3.63) is 28.2 Å². The van der Waals surface area contributed by atoms with Gasteiger partial charge < -0.3 is 15.7 Å². The van der Waals surface area contributed by atoms with Crippen molar-refractivity contribution in [2.24, 2.45) is 5.92 Å². The number of amides is 2. The third-order valence-electron chi connectivity index (χ3n) is 2.74. The molecule has 1 aromatic rings. The summed E-state index contributed by atoms with van der Waals surface area (Å²) in [7, 11) is 0.